The number of aromatic amines is 1. The molecule has 8 nitrogen and oxygen atoms in total. The van der Waals surface area contributed by atoms with Gasteiger partial charge in [-0.15, -0.1) is 11.3 Å². The van der Waals surface area contributed by atoms with Crippen molar-refractivity contribution in [3.63, 3.8) is 0 Å². The second-order valence-corrected chi connectivity index (χ2v) is 12.5. The molecule has 1 amide bonds. The summed E-state index contributed by atoms with van der Waals surface area (Å²) in [6.45, 7) is 4.04. The number of esters is 1. The summed E-state index contributed by atoms with van der Waals surface area (Å²) in [4.78, 5) is 35.5. The first-order valence-corrected chi connectivity index (χ1v) is 15.1. The lowest BCUT2D eigenvalue weighted by molar-refractivity contribution is -0.115. The molecule has 5 rings (SSSR count). The number of nitrogens with one attached hydrogen (secondary N) is 2. The fraction of sp³-hybridized carbons (Fsp3) is 0.323. The lowest BCUT2D eigenvalue weighted by Gasteiger charge is -2.18. The number of carbonyl (C=O) groups is 2. The van der Waals surface area contributed by atoms with Gasteiger partial charge in [0.1, 0.15) is 16.5 Å². The molecule has 0 fully saturated rings. The van der Waals surface area contributed by atoms with Gasteiger partial charge < -0.3 is 24.5 Å². The number of H-pyrrole nitrogens is 1. The molecule has 2 N–H and O–H groups in total. The zero-order valence-corrected chi connectivity index (χ0v) is 25.3. The van der Waals surface area contributed by atoms with Gasteiger partial charge in [-0.1, -0.05) is 18.7 Å². The van der Waals surface area contributed by atoms with Crippen molar-refractivity contribution < 1.29 is 23.8 Å². The lowest BCUT2D eigenvalue weighted by Crippen LogP contribution is -2.23. The van der Waals surface area contributed by atoms with Crippen molar-refractivity contribution in [2.45, 2.75) is 43.5 Å². The number of imidazole rings is 1. The van der Waals surface area contributed by atoms with Gasteiger partial charge >= 0.3 is 5.97 Å². The predicted octanol–water partition coefficient (Wildman–Crippen LogP) is 6.85. The molecule has 10 heteroatoms. The van der Waals surface area contributed by atoms with Crippen LogP contribution in [0.4, 0.5) is 5.00 Å². The van der Waals surface area contributed by atoms with Gasteiger partial charge in [0.05, 0.1) is 43.5 Å². The Labute approximate surface area is 247 Å². The Morgan fingerprint density at radius 3 is 2.27 bits per heavy atom. The highest BCUT2D eigenvalue weighted by Crippen LogP contribution is 2.41. The van der Waals surface area contributed by atoms with E-state index in [9.17, 15) is 9.59 Å². The largest absolute Gasteiger partial charge is 0.497 e. The molecule has 4 aromatic rings. The number of aromatic nitrogens is 2. The second kappa shape index (κ2) is 12.4. The molecule has 0 spiro atoms. The zero-order chi connectivity index (χ0) is 29.1. The maximum atomic E-state index is 13.4. The number of ether oxygens (including phenoxy) is 3. The summed E-state index contributed by atoms with van der Waals surface area (Å²) in [5.41, 5.74) is 4.95. The monoisotopic (exact) mass is 591 g/mol. The molecule has 2 aromatic heterocycles. The Morgan fingerprint density at radius 2 is 1.66 bits per heavy atom. The molecule has 0 aliphatic heterocycles. The molecule has 1 aliphatic carbocycles. The molecular weight excluding hydrogens is 558 g/mol. The second-order valence-electron chi connectivity index (χ2n) is 10.0. The minimum Gasteiger partial charge on any atom is -0.497 e. The Bertz CT molecular complexity index is 1480. The van der Waals surface area contributed by atoms with Gasteiger partial charge in [0.25, 0.3) is 0 Å². The third-order valence-electron chi connectivity index (χ3n) is 7.22. The number of nitrogens with zero attached hydrogens (tertiary/aromatic N) is 1. The quantitative estimate of drug-likeness (QED) is 0.162. The molecule has 2 aromatic carbocycles. The van der Waals surface area contributed by atoms with Crippen LogP contribution in [-0.4, -0.2) is 48.4 Å². The number of hydrogen-bond acceptors (Lipinski definition) is 8. The normalized spacial score (nSPS) is 15.1. The standard InChI is InChI=1S/C31H33N3O5S2/c1-17-6-15-23-24(16-17)41-29(25(23)30(36)39-5)34-28(35)18(2)40-31-32-26(19-7-11-21(37-3)12-8-19)27(33-31)20-9-13-22(38-4)14-10-20/h7-14,17-18H,6,15-16H2,1-5H3,(H,32,33)(H,34,35). The number of fused-ring (bicyclic) bond motifs is 1. The highest BCUT2D eigenvalue weighted by molar-refractivity contribution is 8.00. The molecule has 2 unspecified atom stereocenters. The number of methoxy groups -OCH3 is 3. The number of hydrogen-bond donors (Lipinski definition) is 2. The Balaban J connectivity index is 1.41. The number of benzene rings is 2. The van der Waals surface area contributed by atoms with Gasteiger partial charge in [0, 0.05) is 16.0 Å². The molecule has 0 radical (unpaired) electrons. The minimum atomic E-state index is -0.489. The topological polar surface area (TPSA) is 103 Å². The Hall–Kier alpha value is -3.76. The molecular formula is C31H33N3O5S2. The SMILES string of the molecule is COC(=O)c1c(NC(=O)C(C)Sc2nc(-c3ccc(OC)cc3)c(-c3ccc(OC)cc3)[nH]2)sc2c1CCC(C)C2. The molecule has 214 valence electrons. The average molecular weight is 592 g/mol. The number of rotatable bonds is 9. The molecule has 2 atom stereocenters. The maximum absolute atomic E-state index is 13.4. The van der Waals surface area contributed by atoms with Crippen molar-refractivity contribution in [3.8, 4) is 34.0 Å². The molecule has 41 heavy (non-hydrogen) atoms. The molecule has 0 bridgehead atoms. The van der Waals surface area contributed by atoms with E-state index in [0.29, 0.717) is 21.6 Å². The van der Waals surface area contributed by atoms with Crippen LogP contribution in [0.15, 0.2) is 53.7 Å². The van der Waals surface area contributed by atoms with Crippen LogP contribution in [0.2, 0.25) is 0 Å². The van der Waals surface area contributed by atoms with Crippen LogP contribution in [0.1, 0.15) is 41.1 Å². The van der Waals surface area contributed by atoms with Crippen molar-refractivity contribution in [1.82, 2.24) is 9.97 Å². The van der Waals surface area contributed by atoms with Crippen LogP contribution >= 0.6 is 23.1 Å². The van der Waals surface area contributed by atoms with E-state index in [0.717, 1.165) is 63.7 Å². The van der Waals surface area contributed by atoms with E-state index < -0.39 is 11.2 Å². The first kappa shape index (κ1) is 28.8. The number of thioether (sulfide) groups is 1. The summed E-state index contributed by atoms with van der Waals surface area (Å²) in [6.07, 6.45) is 2.73. The first-order valence-electron chi connectivity index (χ1n) is 13.4. The average Bonchev–Trinajstić information content (AvgIpc) is 3.57. The summed E-state index contributed by atoms with van der Waals surface area (Å²) in [7, 11) is 4.64. The van der Waals surface area contributed by atoms with Gasteiger partial charge in [0.2, 0.25) is 5.91 Å². The summed E-state index contributed by atoms with van der Waals surface area (Å²) in [5, 5.41) is 3.70. The third kappa shape index (κ3) is 6.13. The molecule has 2 heterocycles. The van der Waals surface area contributed by atoms with Crippen molar-refractivity contribution in [2.24, 2.45) is 5.92 Å². The summed E-state index contributed by atoms with van der Waals surface area (Å²) in [6, 6.07) is 15.4. The van der Waals surface area contributed by atoms with E-state index in [4.69, 9.17) is 19.2 Å². The maximum Gasteiger partial charge on any atom is 0.341 e. The van der Waals surface area contributed by atoms with E-state index in [-0.39, 0.29) is 5.91 Å². The van der Waals surface area contributed by atoms with E-state index in [1.807, 2.05) is 55.5 Å². The van der Waals surface area contributed by atoms with Crippen LogP contribution in [0.3, 0.4) is 0 Å². The summed E-state index contributed by atoms with van der Waals surface area (Å²) in [5.74, 6) is 1.44. The predicted molar refractivity (Wildman–Crippen MR) is 163 cm³/mol. The number of thiophene rings is 1. The number of carbonyl (C=O) groups excluding carboxylic acids is 2. The molecule has 1 aliphatic rings. The van der Waals surface area contributed by atoms with Gasteiger partial charge in [-0.25, -0.2) is 9.78 Å². The van der Waals surface area contributed by atoms with Crippen LogP contribution in [0.25, 0.3) is 22.5 Å². The van der Waals surface area contributed by atoms with Gasteiger partial charge in [-0.2, -0.15) is 0 Å². The van der Waals surface area contributed by atoms with Crippen LogP contribution in [0, 0.1) is 5.92 Å². The van der Waals surface area contributed by atoms with E-state index in [1.165, 1.54) is 30.2 Å². The van der Waals surface area contributed by atoms with E-state index in [1.54, 1.807) is 14.2 Å². The van der Waals surface area contributed by atoms with Gasteiger partial charge in [-0.3, -0.25) is 4.79 Å². The van der Waals surface area contributed by atoms with Crippen molar-refractivity contribution in [3.05, 3.63) is 64.5 Å². The zero-order valence-electron chi connectivity index (χ0n) is 23.7. The highest BCUT2D eigenvalue weighted by Gasteiger charge is 2.30. The van der Waals surface area contributed by atoms with Crippen LogP contribution in [-0.2, 0) is 22.4 Å². The first-order chi connectivity index (χ1) is 19.8. The van der Waals surface area contributed by atoms with Crippen LogP contribution < -0.4 is 14.8 Å². The van der Waals surface area contributed by atoms with Crippen molar-refractivity contribution in [1.29, 1.82) is 0 Å². The van der Waals surface area contributed by atoms with Gasteiger partial charge in [-0.05, 0) is 86.2 Å². The Kier molecular flexibility index (Phi) is 8.70. The third-order valence-corrected chi connectivity index (χ3v) is 9.37. The Morgan fingerprint density at radius 1 is 1.02 bits per heavy atom. The van der Waals surface area contributed by atoms with Gasteiger partial charge in [0.15, 0.2) is 5.16 Å². The molecule has 0 saturated heterocycles. The summed E-state index contributed by atoms with van der Waals surface area (Å²) < 4.78 is 15.7. The minimum absolute atomic E-state index is 0.208. The van der Waals surface area contributed by atoms with Crippen LogP contribution in [0.5, 0.6) is 11.5 Å². The lowest BCUT2D eigenvalue weighted by atomic mass is 9.88. The highest BCUT2D eigenvalue weighted by atomic mass is 32.2. The van der Waals surface area contributed by atoms with Crippen molar-refractivity contribution in [2.75, 3.05) is 26.6 Å². The number of amides is 1. The van der Waals surface area contributed by atoms with Crippen molar-refractivity contribution >= 4 is 40.0 Å². The number of anilines is 1. The fourth-order valence-corrected chi connectivity index (χ4v) is 7.13. The molecule has 0 saturated carbocycles. The fourth-order valence-electron chi connectivity index (χ4n) is 4.92. The summed E-state index contributed by atoms with van der Waals surface area (Å²) >= 11 is 2.81. The van der Waals surface area contributed by atoms with E-state index >= 15 is 0 Å². The smallest absolute Gasteiger partial charge is 0.341 e. The van der Waals surface area contributed by atoms with E-state index in [2.05, 4.69) is 17.2 Å².